The van der Waals surface area contributed by atoms with Gasteiger partial charge in [0.15, 0.2) is 11.5 Å². The van der Waals surface area contributed by atoms with E-state index in [2.05, 4.69) is 12.0 Å². The lowest BCUT2D eigenvalue weighted by Crippen LogP contribution is -2.26. The summed E-state index contributed by atoms with van der Waals surface area (Å²) in [6, 6.07) is 11.2. The molecule has 6 nitrogen and oxygen atoms in total. The average molecular weight is 311 g/mol. The Labute approximate surface area is 133 Å². The van der Waals surface area contributed by atoms with Gasteiger partial charge in [-0.15, -0.1) is 0 Å². The van der Waals surface area contributed by atoms with Crippen LogP contribution in [0.4, 0.5) is 0 Å². The second kappa shape index (κ2) is 7.90. The minimum absolute atomic E-state index is 0.0945. The van der Waals surface area contributed by atoms with Crippen LogP contribution in [0.3, 0.4) is 0 Å². The largest absolute Gasteiger partial charge is 0.494 e. The van der Waals surface area contributed by atoms with E-state index >= 15 is 0 Å². The number of unbranched alkanes of at least 4 members (excludes halogenated alkanes) is 1. The summed E-state index contributed by atoms with van der Waals surface area (Å²) >= 11 is 0. The number of hydrogen-bond acceptors (Lipinski definition) is 5. The molecule has 0 saturated heterocycles. The number of benzene rings is 1. The molecule has 2 aromatic rings. The second-order valence-electron chi connectivity index (χ2n) is 4.98. The third kappa shape index (κ3) is 4.51. The summed E-state index contributed by atoms with van der Waals surface area (Å²) in [7, 11) is 0. The molecule has 0 aliphatic heterocycles. The van der Waals surface area contributed by atoms with Gasteiger partial charge in [-0.1, -0.05) is 13.3 Å². The molecular weight excluding hydrogens is 294 g/mol. The van der Waals surface area contributed by atoms with E-state index in [0.717, 1.165) is 17.5 Å². The Morgan fingerprint density at radius 3 is 2.65 bits per heavy atom. The highest BCUT2D eigenvalue weighted by atomic mass is 16.5. The maximum Gasteiger partial charge on any atom is 0.267 e. The third-order valence-corrected chi connectivity index (χ3v) is 3.22. The number of aromatic nitrogens is 2. The third-order valence-electron chi connectivity index (χ3n) is 3.22. The van der Waals surface area contributed by atoms with Crippen LogP contribution in [0.15, 0.2) is 41.2 Å². The molecular formula is C17H17N3O3. The smallest absolute Gasteiger partial charge is 0.267 e. The van der Waals surface area contributed by atoms with E-state index in [-0.39, 0.29) is 18.0 Å². The first-order valence-corrected chi connectivity index (χ1v) is 7.38. The lowest BCUT2D eigenvalue weighted by Gasteiger charge is -2.07. The van der Waals surface area contributed by atoms with Gasteiger partial charge < -0.3 is 4.74 Å². The number of carbonyl (C=O) groups excluding carboxylic acids is 1. The molecule has 118 valence electrons. The number of carbonyl (C=O) groups is 1. The van der Waals surface area contributed by atoms with Gasteiger partial charge in [0, 0.05) is 11.6 Å². The fraction of sp³-hybridized carbons (Fsp3) is 0.294. The van der Waals surface area contributed by atoms with Crippen LogP contribution >= 0.6 is 0 Å². The Balaban J connectivity index is 2.06. The van der Waals surface area contributed by atoms with Crippen molar-refractivity contribution in [3.05, 3.63) is 58.0 Å². The van der Waals surface area contributed by atoms with Gasteiger partial charge in [-0.05, 0) is 36.8 Å². The van der Waals surface area contributed by atoms with E-state index in [0.29, 0.717) is 17.9 Å². The molecule has 0 unspecified atom stereocenters. The summed E-state index contributed by atoms with van der Waals surface area (Å²) in [5.74, 6) is 0.451. The summed E-state index contributed by atoms with van der Waals surface area (Å²) in [5, 5.41) is 12.6. The average Bonchev–Trinajstić information content (AvgIpc) is 2.57. The number of ketones is 1. The predicted molar refractivity (Wildman–Crippen MR) is 84.4 cm³/mol. The number of rotatable bonds is 7. The van der Waals surface area contributed by atoms with Crippen molar-refractivity contribution < 1.29 is 9.53 Å². The molecule has 2 rings (SSSR count). The Morgan fingerprint density at radius 2 is 2.00 bits per heavy atom. The molecule has 0 saturated carbocycles. The van der Waals surface area contributed by atoms with Crippen LogP contribution in [-0.2, 0) is 6.54 Å². The standard InChI is InChI=1S/C17H17N3O3/c1-2-3-10-23-15-7-4-13(5-8-15)16(21)12-20-17(22)9-6-14(11-18)19-20/h4-9H,2-3,10,12H2,1H3. The highest BCUT2D eigenvalue weighted by Crippen LogP contribution is 2.13. The summed E-state index contributed by atoms with van der Waals surface area (Å²) in [6.45, 7) is 2.52. The first kappa shape index (κ1) is 16.4. The van der Waals surface area contributed by atoms with Crippen molar-refractivity contribution in [2.75, 3.05) is 6.61 Å². The molecule has 6 heteroatoms. The van der Waals surface area contributed by atoms with E-state index in [4.69, 9.17) is 10.00 Å². The maximum atomic E-state index is 12.2. The Morgan fingerprint density at radius 1 is 1.26 bits per heavy atom. The van der Waals surface area contributed by atoms with Crippen molar-refractivity contribution in [1.29, 1.82) is 5.26 Å². The van der Waals surface area contributed by atoms with E-state index in [9.17, 15) is 9.59 Å². The number of hydrogen-bond donors (Lipinski definition) is 0. The van der Waals surface area contributed by atoms with Gasteiger partial charge >= 0.3 is 0 Å². The summed E-state index contributed by atoms with van der Waals surface area (Å²) in [4.78, 5) is 23.9. The van der Waals surface area contributed by atoms with Crippen LogP contribution in [-0.4, -0.2) is 22.2 Å². The zero-order valence-corrected chi connectivity index (χ0v) is 12.9. The number of ether oxygens (including phenoxy) is 1. The zero-order valence-electron chi connectivity index (χ0n) is 12.9. The lowest BCUT2D eigenvalue weighted by atomic mass is 10.1. The minimum Gasteiger partial charge on any atom is -0.494 e. The molecule has 0 bridgehead atoms. The van der Waals surface area contributed by atoms with Gasteiger partial charge in [0.2, 0.25) is 0 Å². The topological polar surface area (TPSA) is 85.0 Å². The molecule has 0 atom stereocenters. The van der Waals surface area contributed by atoms with Crippen molar-refractivity contribution in [2.24, 2.45) is 0 Å². The molecule has 1 aromatic heterocycles. The van der Waals surface area contributed by atoms with Gasteiger partial charge in [-0.3, -0.25) is 9.59 Å². The van der Waals surface area contributed by atoms with E-state index in [1.807, 2.05) is 6.07 Å². The molecule has 0 amide bonds. The van der Waals surface area contributed by atoms with Crippen LogP contribution in [0, 0.1) is 11.3 Å². The van der Waals surface area contributed by atoms with Gasteiger partial charge in [-0.25, -0.2) is 4.68 Å². The summed E-state index contributed by atoms with van der Waals surface area (Å²) in [5.41, 5.74) is 0.137. The Kier molecular flexibility index (Phi) is 5.64. The quantitative estimate of drug-likeness (QED) is 0.578. The van der Waals surface area contributed by atoms with Crippen molar-refractivity contribution in [3.8, 4) is 11.8 Å². The fourth-order valence-electron chi connectivity index (χ4n) is 1.92. The first-order valence-electron chi connectivity index (χ1n) is 7.38. The molecule has 0 N–H and O–H groups in total. The number of nitrogens with zero attached hydrogens (tertiary/aromatic N) is 3. The fourth-order valence-corrected chi connectivity index (χ4v) is 1.92. The van der Waals surface area contributed by atoms with Gasteiger partial charge in [0.1, 0.15) is 18.4 Å². The SMILES string of the molecule is CCCCOc1ccc(C(=O)Cn2nc(C#N)ccc2=O)cc1. The normalized spacial score (nSPS) is 10.1. The van der Waals surface area contributed by atoms with Crippen molar-refractivity contribution >= 4 is 5.78 Å². The summed E-state index contributed by atoms with van der Waals surface area (Å²) in [6.07, 6.45) is 2.03. The van der Waals surface area contributed by atoms with Crippen LogP contribution < -0.4 is 10.3 Å². The van der Waals surface area contributed by atoms with Crippen molar-refractivity contribution in [2.45, 2.75) is 26.3 Å². The molecule has 0 fully saturated rings. The molecule has 0 aliphatic carbocycles. The Bertz CT molecular complexity index is 773. The predicted octanol–water partition coefficient (Wildman–Crippen LogP) is 2.18. The van der Waals surface area contributed by atoms with E-state index < -0.39 is 5.56 Å². The van der Waals surface area contributed by atoms with Gasteiger partial charge in [-0.2, -0.15) is 10.4 Å². The first-order chi connectivity index (χ1) is 11.1. The number of nitriles is 1. The van der Waals surface area contributed by atoms with E-state index in [1.165, 1.54) is 12.1 Å². The maximum absolute atomic E-state index is 12.2. The molecule has 1 aromatic carbocycles. The highest BCUT2D eigenvalue weighted by molar-refractivity contribution is 5.95. The molecule has 1 heterocycles. The van der Waals surface area contributed by atoms with Crippen LogP contribution in [0.1, 0.15) is 35.8 Å². The van der Waals surface area contributed by atoms with Crippen molar-refractivity contribution in [1.82, 2.24) is 9.78 Å². The summed E-state index contributed by atoms with van der Waals surface area (Å²) < 4.78 is 6.53. The zero-order chi connectivity index (χ0) is 16.7. The monoisotopic (exact) mass is 311 g/mol. The molecule has 0 radical (unpaired) electrons. The highest BCUT2D eigenvalue weighted by Gasteiger charge is 2.10. The minimum atomic E-state index is -0.420. The molecule has 0 spiro atoms. The van der Waals surface area contributed by atoms with Crippen LogP contribution in [0.25, 0.3) is 0 Å². The molecule has 0 aliphatic rings. The van der Waals surface area contributed by atoms with Crippen LogP contribution in [0.2, 0.25) is 0 Å². The number of Topliss-reactive ketones (excluding diaryl/α,β-unsaturated/α-hetero) is 1. The Hall–Kier alpha value is -2.94. The van der Waals surface area contributed by atoms with Crippen molar-refractivity contribution in [3.63, 3.8) is 0 Å². The lowest BCUT2D eigenvalue weighted by molar-refractivity contribution is 0.0965. The van der Waals surface area contributed by atoms with Gasteiger partial charge in [0.25, 0.3) is 5.56 Å². The molecule has 23 heavy (non-hydrogen) atoms. The van der Waals surface area contributed by atoms with Gasteiger partial charge in [0.05, 0.1) is 6.61 Å². The van der Waals surface area contributed by atoms with E-state index in [1.54, 1.807) is 24.3 Å². The second-order valence-corrected chi connectivity index (χ2v) is 4.98. The van der Waals surface area contributed by atoms with Crippen LogP contribution in [0.5, 0.6) is 5.75 Å².